The van der Waals surface area contributed by atoms with Gasteiger partial charge in [0.1, 0.15) is 0 Å². The number of aromatic amines is 1. The second-order valence-corrected chi connectivity index (χ2v) is 12.6. The predicted octanol–water partition coefficient (Wildman–Crippen LogP) is 6.07. The Morgan fingerprint density at radius 1 is 1.05 bits per heavy atom. The third kappa shape index (κ3) is 7.34. The molecule has 3 heterocycles. The van der Waals surface area contributed by atoms with Crippen molar-refractivity contribution in [1.29, 1.82) is 0 Å². The second-order valence-electron chi connectivity index (χ2n) is 9.91. The zero-order chi connectivity index (χ0) is 28.8. The molecule has 0 radical (unpaired) electrons. The van der Waals surface area contributed by atoms with Crippen LogP contribution in [0.15, 0.2) is 62.3 Å². The highest BCUT2D eigenvalue weighted by Gasteiger charge is 2.15. The van der Waals surface area contributed by atoms with Gasteiger partial charge in [-0.15, -0.1) is 11.3 Å². The molecule has 9 nitrogen and oxygen atoms in total. The molecule has 1 fully saturated rings. The lowest BCUT2D eigenvalue weighted by Crippen LogP contribution is -2.33. The molecule has 4 N–H and O–H groups in total. The zero-order valence-electron chi connectivity index (χ0n) is 22.8. The minimum atomic E-state index is -0.594. The first-order valence-corrected chi connectivity index (χ1v) is 15.8. The zero-order valence-corrected chi connectivity index (χ0v) is 25.2. The van der Waals surface area contributed by atoms with Gasteiger partial charge in [-0.2, -0.15) is 0 Å². The number of carbonyl (C=O) groups excluding carboxylic acids is 1. The Hall–Kier alpha value is -3.25. The van der Waals surface area contributed by atoms with Crippen LogP contribution in [0.2, 0.25) is 5.02 Å². The number of benzene rings is 2. The van der Waals surface area contributed by atoms with Gasteiger partial charge >= 0.3 is 11.7 Å². The van der Waals surface area contributed by atoms with Crippen LogP contribution in [0.5, 0.6) is 0 Å². The molecular formula is C29H33ClN6O3S2. The lowest BCUT2D eigenvalue weighted by Gasteiger charge is -2.26. The number of piperidine rings is 1. The van der Waals surface area contributed by atoms with E-state index < -0.39 is 17.3 Å². The van der Waals surface area contributed by atoms with Crippen molar-refractivity contribution in [2.24, 2.45) is 0 Å². The number of nitrogens with one attached hydrogen (secondary N) is 4. The van der Waals surface area contributed by atoms with Crippen LogP contribution in [0.1, 0.15) is 37.5 Å². The minimum Gasteiger partial charge on any atom is -0.385 e. The Labute approximate surface area is 251 Å². The Kier molecular flexibility index (Phi) is 9.71. The maximum absolute atomic E-state index is 13.3. The molecule has 216 valence electrons. The highest BCUT2D eigenvalue weighted by Crippen LogP contribution is 2.26. The summed E-state index contributed by atoms with van der Waals surface area (Å²) in [5, 5.41) is 6.64. The Bertz CT molecular complexity index is 1640. The summed E-state index contributed by atoms with van der Waals surface area (Å²) in [5.74, 6) is 0. The van der Waals surface area contributed by atoms with Gasteiger partial charge in [-0.05, 0) is 106 Å². The fourth-order valence-electron chi connectivity index (χ4n) is 4.89. The van der Waals surface area contributed by atoms with Gasteiger partial charge in [0.25, 0.3) is 5.56 Å². The molecule has 1 saturated heterocycles. The summed E-state index contributed by atoms with van der Waals surface area (Å²) in [5.41, 5.74) is 0.893. The Morgan fingerprint density at radius 2 is 1.85 bits per heavy atom. The molecule has 1 aliphatic heterocycles. The molecule has 0 unspecified atom stereocenters. The molecule has 41 heavy (non-hydrogen) atoms. The summed E-state index contributed by atoms with van der Waals surface area (Å²) in [6.45, 7) is 6.31. The van der Waals surface area contributed by atoms with E-state index in [1.807, 2.05) is 18.2 Å². The van der Waals surface area contributed by atoms with Crippen molar-refractivity contribution in [3.8, 4) is 5.69 Å². The molecule has 5 rings (SSSR count). The summed E-state index contributed by atoms with van der Waals surface area (Å²) in [6, 6.07) is 13.6. The molecule has 1 aliphatic rings. The van der Waals surface area contributed by atoms with Crippen LogP contribution in [0.4, 0.5) is 16.2 Å². The first-order valence-electron chi connectivity index (χ1n) is 13.8. The van der Waals surface area contributed by atoms with Crippen LogP contribution in [-0.2, 0) is 6.42 Å². The number of carbonyl (C=O) groups is 1. The summed E-state index contributed by atoms with van der Waals surface area (Å²) >= 11 is 9.34. The van der Waals surface area contributed by atoms with Crippen molar-refractivity contribution in [2.75, 3.05) is 36.8 Å². The average Bonchev–Trinajstić information content (AvgIpc) is 3.44. The SMILES string of the molecule is CCc1ccc(SNC(=O)Nc2ccc(-n3c(=O)[nH]c4cc(NCCCN5CCCCC5)ccc4c3=O)c(Cl)c2)s1. The van der Waals surface area contributed by atoms with Crippen molar-refractivity contribution < 1.29 is 4.79 Å². The first kappa shape index (κ1) is 29.2. The van der Waals surface area contributed by atoms with Gasteiger partial charge in [-0.3, -0.25) is 9.52 Å². The lowest BCUT2D eigenvalue weighted by molar-refractivity contribution is 0.228. The number of aryl methyl sites for hydroxylation is 1. The first-order chi connectivity index (χ1) is 19.9. The van der Waals surface area contributed by atoms with Gasteiger partial charge in [0, 0.05) is 22.8 Å². The molecule has 2 amide bonds. The van der Waals surface area contributed by atoms with E-state index in [9.17, 15) is 14.4 Å². The number of halogens is 1. The molecule has 4 aromatic rings. The maximum atomic E-state index is 13.3. The molecule has 2 aromatic heterocycles. The highest BCUT2D eigenvalue weighted by molar-refractivity contribution is 7.99. The molecule has 2 aromatic carbocycles. The van der Waals surface area contributed by atoms with Gasteiger partial charge in [0.05, 0.1) is 25.8 Å². The number of hydrogen-bond donors (Lipinski definition) is 4. The van der Waals surface area contributed by atoms with E-state index >= 15 is 0 Å². The average molecular weight is 613 g/mol. The van der Waals surface area contributed by atoms with Gasteiger partial charge in [-0.1, -0.05) is 24.9 Å². The molecule has 12 heteroatoms. The van der Waals surface area contributed by atoms with Crippen molar-refractivity contribution in [2.45, 2.75) is 43.2 Å². The quantitative estimate of drug-likeness (QED) is 0.128. The topological polar surface area (TPSA) is 111 Å². The smallest absolute Gasteiger partial charge is 0.333 e. The van der Waals surface area contributed by atoms with Crippen LogP contribution in [0.3, 0.4) is 0 Å². The highest BCUT2D eigenvalue weighted by atomic mass is 35.5. The molecule has 0 aliphatic carbocycles. The van der Waals surface area contributed by atoms with Crippen molar-refractivity contribution in [1.82, 2.24) is 19.2 Å². The molecule has 0 bridgehead atoms. The number of thiophene rings is 1. The number of anilines is 2. The van der Waals surface area contributed by atoms with E-state index in [2.05, 4.69) is 32.2 Å². The van der Waals surface area contributed by atoms with E-state index in [4.69, 9.17) is 11.6 Å². The number of rotatable bonds is 10. The van der Waals surface area contributed by atoms with Crippen LogP contribution >= 0.6 is 34.9 Å². The Balaban J connectivity index is 1.24. The van der Waals surface area contributed by atoms with Crippen LogP contribution in [-0.4, -0.2) is 46.7 Å². The number of H-pyrrole nitrogens is 1. The van der Waals surface area contributed by atoms with E-state index in [1.165, 1.54) is 55.2 Å². The van der Waals surface area contributed by atoms with Crippen LogP contribution in [0, 0.1) is 0 Å². The molecular weight excluding hydrogens is 580 g/mol. The third-order valence-electron chi connectivity index (χ3n) is 7.00. The molecule has 0 atom stereocenters. The van der Waals surface area contributed by atoms with Gasteiger partial charge < -0.3 is 20.5 Å². The summed E-state index contributed by atoms with van der Waals surface area (Å²) in [6.07, 6.45) is 5.86. The largest absolute Gasteiger partial charge is 0.385 e. The molecule has 0 saturated carbocycles. The number of aromatic nitrogens is 2. The fraction of sp³-hybridized carbons (Fsp3) is 0.345. The van der Waals surface area contributed by atoms with Crippen molar-refractivity contribution in [3.05, 3.63) is 79.3 Å². The lowest BCUT2D eigenvalue weighted by atomic mass is 10.1. The predicted molar refractivity (Wildman–Crippen MR) is 170 cm³/mol. The monoisotopic (exact) mass is 612 g/mol. The number of likely N-dealkylation sites (tertiary alicyclic amines) is 1. The third-order valence-corrected chi connectivity index (χ3v) is 9.45. The van der Waals surface area contributed by atoms with Gasteiger partial charge in [0.15, 0.2) is 0 Å². The van der Waals surface area contributed by atoms with Gasteiger partial charge in [0.2, 0.25) is 0 Å². The molecule has 0 spiro atoms. The van der Waals surface area contributed by atoms with Crippen molar-refractivity contribution in [3.63, 3.8) is 0 Å². The minimum absolute atomic E-state index is 0.153. The van der Waals surface area contributed by atoms with E-state index in [-0.39, 0.29) is 10.7 Å². The van der Waals surface area contributed by atoms with E-state index in [1.54, 1.807) is 35.6 Å². The Morgan fingerprint density at radius 3 is 2.61 bits per heavy atom. The number of amides is 2. The normalized spacial score (nSPS) is 13.8. The second kappa shape index (κ2) is 13.6. The summed E-state index contributed by atoms with van der Waals surface area (Å²) < 4.78 is 4.74. The fourth-order valence-corrected chi connectivity index (χ4v) is 6.82. The van der Waals surface area contributed by atoms with Crippen LogP contribution in [0.25, 0.3) is 16.6 Å². The number of hydrogen-bond acceptors (Lipinski definition) is 7. The summed E-state index contributed by atoms with van der Waals surface area (Å²) in [7, 11) is 0. The summed E-state index contributed by atoms with van der Waals surface area (Å²) in [4.78, 5) is 45.3. The van der Waals surface area contributed by atoms with E-state index in [0.717, 1.165) is 40.4 Å². The van der Waals surface area contributed by atoms with Crippen molar-refractivity contribution >= 4 is 63.2 Å². The maximum Gasteiger partial charge on any atom is 0.333 e. The number of urea groups is 1. The van der Waals surface area contributed by atoms with E-state index in [0.29, 0.717) is 16.6 Å². The number of fused-ring (bicyclic) bond motifs is 1. The standard InChI is InChI=1S/C29H33ClN6O3S2/c1-2-21-9-12-26(40-21)41-34-28(38)32-20-8-11-25(23(30)17-20)36-27(37)22-10-7-19(18-24(22)33-29(36)39)31-13-6-16-35-14-4-3-5-15-35/h7-12,17-18,31H,2-6,13-16H2,1H3,(H,33,39)(H2,32,34,38). The van der Waals surface area contributed by atoms with Gasteiger partial charge in [-0.25, -0.2) is 14.2 Å². The number of nitrogens with zero attached hydrogens (tertiary/aromatic N) is 2. The van der Waals surface area contributed by atoms with Crippen LogP contribution < -0.4 is 26.6 Å².